The Morgan fingerprint density at radius 3 is 2.74 bits per heavy atom. The zero-order chi connectivity index (χ0) is 15.6. The van der Waals surface area contributed by atoms with Gasteiger partial charge in [-0.05, 0) is 31.6 Å². The zero-order valence-corrected chi connectivity index (χ0v) is 13.8. The van der Waals surface area contributed by atoms with Crippen LogP contribution in [0.5, 0.6) is 0 Å². The fourth-order valence-corrected chi connectivity index (χ4v) is 4.75. The summed E-state index contributed by atoms with van der Waals surface area (Å²) in [6.07, 6.45) is 14.2. The number of hydrogen-bond acceptors (Lipinski definition) is 5. The van der Waals surface area contributed by atoms with Crippen molar-refractivity contribution in [1.29, 1.82) is 0 Å². The van der Waals surface area contributed by atoms with E-state index in [0.717, 1.165) is 35.0 Å². The average Bonchev–Trinajstić information content (AvgIpc) is 3.34. The van der Waals surface area contributed by atoms with Crippen molar-refractivity contribution in [1.82, 2.24) is 19.9 Å². The van der Waals surface area contributed by atoms with E-state index < -0.39 is 0 Å². The van der Waals surface area contributed by atoms with E-state index >= 15 is 0 Å². The molecule has 0 aromatic carbocycles. The van der Waals surface area contributed by atoms with Gasteiger partial charge >= 0.3 is 0 Å². The molecule has 0 spiro atoms. The Kier molecular flexibility index (Phi) is 4.08. The van der Waals surface area contributed by atoms with Gasteiger partial charge in [0.25, 0.3) is 5.91 Å². The standard InChI is InChI=1S/C17H20N4OS/c22-17(21-9-3-6-14(21)12-4-1-2-5-12)15-11-20-16(23-15)13-10-18-7-8-19-13/h7-8,10-12,14H,1-6,9H2/t14-/m0/s1. The highest BCUT2D eigenvalue weighted by Gasteiger charge is 2.36. The Morgan fingerprint density at radius 2 is 1.96 bits per heavy atom. The van der Waals surface area contributed by atoms with E-state index in [9.17, 15) is 4.79 Å². The number of carbonyl (C=O) groups is 1. The summed E-state index contributed by atoms with van der Waals surface area (Å²) in [5, 5.41) is 0.762. The van der Waals surface area contributed by atoms with Gasteiger partial charge in [-0.15, -0.1) is 11.3 Å². The lowest BCUT2D eigenvalue weighted by Crippen LogP contribution is -2.39. The molecule has 1 saturated heterocycles. The maximum absolute atomic E-state index is 12.9. The topological polar surface area (TPSA) is 59.0 Å². The smallest absolute Gasteiger partial charge is 0.265 e. The Morgan fingerprint density at radius 1 is 1.09 bits per heavy atom. The van der Waals surface area contributed by atoms with Crippen LogP contribution in [0.2, 0.25) is 0 Å². The maximum Gasteiger partial charge on any atom is 0.265 e. The van der Waals surface area contributed by atoms with E-state index in [0.29, 0.717) is 12.0 Å². The summed E-state index contributed by atoms with van der Waals surface area (Å²) in [6.45, 7) is 0.887. The third-order valence-electron chi connectivity index (χ3n) is 5.00. The summed E-state index contributed by atoms with van der Waals surface area (Å²) in [6, 6.07) is 0.437. The molecule has 0 unspecified atom stereocenters. The van der Waals surface area contributed by atoms with Gasteiger partial charge in [0.05, 0.1) is 12.4 Å². The molecule has 1 atom stereocenters. The lowest BCUT2D eigenvalue weighted by Gasteiger charge is -2.29. The predicted molar refractivity (Wildman–Crippen MR) is 89.2 cm³/mol. The number of thiazole rings is 1. The van der Waals surface area contributed by atoms with Crippen molar-refractivity contribution in [2.24, 2.45) is 5.92 Å². The molecule has 1 saturated carbocycles. The van der Waals surface area contributed by atoms with Crippen LogP contribution in [0.1, 0.15) is 48.2 Å². The molecule has 1 aliphatic carbocycles. The van der Waals surface area contributed by atoms with Gasteiger partial charge < -0.3 is 4.90 Å². The summed E-state index contributed by atoms with van der Waals surface area (Å²) in [7, 11) is 0. The minimum Gasteiger partial charge on any atom is -0.335 e. The van der Waals surface area contributed by atoms with Crippen LogP contribution in [0.15, 0.2) is 24.8 Å². The molecule has 2 fully saturated rings. The number of aromatic nitrogens is 3. The molecule has 1 aliphatic heterocycles. The molecule has 6 heteroatoms. The molecule has 2 aliphatic rings. The van der Waals surface area contributed by atoms with Crippen molar-refractivity contribution in [3.63, 3.8) is 0 Å². The van der Waals surface area contributed by atoms with Crippen LogP contribution in [-0.4, -0.2) is 38.3 Å². The Bertz CT molecular complexity index is 681. The fourth-order valence-electron chi connectivity index (χ4n) is 3.92. The molecular weight excluding hydrogens is 308 g/mol. The second-order valence-electron chi connectivity index (χ2n) is 6.37. The van der Waals surface area contributed by atoms with Crippen LogP contribution >= 0.6 is 11.3 Å². The van der Waals surface area contributed by atoms with Crippen LogP contribution in [0.25, 0.3) is 10.7 Å². The van der Waals surface area contributed by atoms with E-state index in [4.69, 9.17) is 0 Å². The minimum atomic E-state index is 0.145. The Balaban J connectivity index is 1.53. The monoisotopic (exact) mass is 328 g/mol. The number of rotatable bonds is 3. The number of carbonyl (C=O) groups excluding carboxylic acids is 1. The maximum atomic E-state index is 12.9. The minimum absolute atomic E-state index is 0.145. The predicted octanol–water partition coefficient (Wildman–Crippen LogP) is 3.39. The molecule has 2 aromatic heterocycles. The first-order valence-electron chi connectivity index (χ1n) is 8.36. The largest absolute Gasteiger partial charge is 0.335 e. The molecule has 3 heterocycles. The molecule has 1 amide bonds. The molecule has 2 aromatic rings. The number of likely N-dealkylation sites (tertiary alicyclic amines) is 1. The van der Waals surface area contributed by atoms with Gasteiger partial charge in [0, 0.05) is 25.0 Å². The first-order valence-corrected chi connectivity index (χ1v) is 9.18. The van der Waals surface area contributed by atoms with E-state index in [1.807, 2.05) is 0 Å². The highest BCUT2D eigenvalue weighted by Crippen LogP contribution is 2.36. The summed E-state index contributed by atoms with van der Waals surface area (Å²) in [4.78, 5) is 28.4. The van der Waals surface area contributed by atoms with Gasteiger partial charge in [-0.3, -0.25) is 14.8 Å². The van der Waals surface area contributed by atoms with Crippen molar-refractivity contribution in [2.45, 2.75) is 44.6 Å². The molecule has 23 heavy (non-hydrogen) atoms. The van der Waals surface area contributed by atoms with Gasteiger partial charge in [0.15, 0.2) is 0 Å². The Labute approximate surface area is 139 Å². The van der Waals surface area contributed by atoms with E-state index in [-0.39, 0.29) is 5.91 Å². The SMILES string of the molecule is O=C(c1cnc(-c2cnccn2)s1)N1CCC[C@H]1C1CCCC1. The van der Waals surface area contributed by atoms with Crippen molar-refractivity contribution in [2.75, 3.05) is 6.54 Å². The molecule has 5 nitrogen and oxygen atoms in total. The quantitative estimate of drug-likeness (QED) is 0.866. The van der Waals surface area contributed by atoms with E-state index in [1.165, 1.54) is 37.0 Å². The number of hydrogen-bond donors (Lipinski definition) is 0. The summed E-state index contributed by atoms with van der Waals surface area (Å²) in [5.41, 5.74) is 0.727. The van der Waals surface area contributed by atoms with Crippen molar-refractivity contribution in [3.05, 3.63) is 29.7 Å². The second-order valence-corrected chi connectivity index (χ2v) is 7.40. The van der Waals surface area contributed by atoms with Crippen molar-refractivity contribution >= 4 is 17.2 Å². The van der Waals surface area contributed by atoms with Crippen LogP contribution in [-0.2, 0) is 0 Å². The average molecular weight is 328 g/mol. The van der Waals surface area contributed by atoms with Gasteiger partial charge in [-0.1, -0.05) is 12.8 Å². The normalized spacial score (nSPS) is 21.9. The van der Waals surface area contributed by atoms with Crippen molar-refractivity contribution < 1.29 is 4.79 Å². The summed E-state index contributed by atoms with van der Waals surface area (Å²) in [5.74, 6) is 0.848. The molecule has 0 N–H and O–H groups in total. The number of nitrogens with zero attached hydrogens (tertiary/aromatic N) is 4. The molecule has 0 radical (unpaired) electrons. The lowest BCUT2D eigenvalue weighted by atomic mass is 9.96. The Hall–Kier alpha value is -1.82. The molecule has 120 valence electrons. The lowest BCUT2D eigenvalue weighted by molar-refractivity contribution is 0.0694. The van der Waals surface area contributed by atoms with Crippen LogP contribution in [0.4, 0.5) is 0 Å². The van der Waals surface area contributed by atoms with Crippen LogP contribution < -0.4 is 0 Å². The van der Waals surface area contributed by atoms with E-state index in [1.54, 1.807) is 24.8 Å². The van der Waals surface area contributed by atoms with Gasteiger partial charge in [-0.25, -0.2) is 4.98 Å². The van der Waals surface area contributed by atoms with E-state index in [2.05, 4.69) is 19.9 Å². The first kappa shape index (κ1) is 14.8. The zero-order valence-electron chi connectivity index (χ0n) is 13.0. The van der Waals surface area contributed by atoms with Gasteiger partial charge in [0.1, 0.15) is 15.6 Å². The van der Waals surface area contributed by atoms with Gasteiger partial charge in [0.2, 0.25) is 0 Å². The highest BCUT2D eigenvalue weighted by molar-refractivity contribution is 7.16. The third-order valence-corrected chi connectivity index (χ3v) is 6.01. The number of amides is 1. The highest BCUT2D eigenvalue weighted by atomic mass is 32.1. The first-order chi connectivity index (χ1) is 11.3. The summed E-state index contributed by atoms with van der Waals surface area (Å²) < 4.78 is 0. The van der Waals surface area contributed by atoms with Gasteiger partial charge in [-0.2, -0.15) is 0 Å². The second kappa shape index (κ2) is 6.35. The third kappa shape index (κ3) is 2.87. The fraction of sp³-hybridized carbons (Fsp3) is 0.529. The molecule has 4 rings (SSSR count). The summed E-state index contributed by atoms with van der Waals surface area (Å²) >= 11 is 1.42. The molecule has 0 bridgehead atoms. The van der Waals surface area contributed by atoms with Crippen LogP contribution in [0, 0.1) is 5.92 Å². The van der Waals surface area contributed by atoms with Crippen molar-refractivity contribution in [3.8, 4) is 10.7 Å². The van der Waals surface area contributed by atoms with Crippen LogP contribution in [0.3, 0.4) is 0 Å². The molecular formula is C17H20N4OS.